The molecule has 0 bridgehead atoms. The SMILES string of the molecule is COC(=O)C1NCC1(F)F. The molecule has 1 saturated heterocycles. The number of nitrogens with one attached hydrogen (secondary N) is 1. The molecule has 0 radical (unpaired) electrons. The Hall–Kier alpha value is -0.710. The van der Waals surface area contributed by atoms with Gasteiger partial charge in [0.25, 0.3) is 5.92 Å². The summed E-state index contributed by atoms with van der Waals surface area (Å²) >= 11 is 0. The fourth-order valence-corrected chi connectivity index (χ4v) is 0.732. The van der Waals surface area contributed by atoms with E-state index < -0.39 is 24.5 Å². The molecule has 1 rings (SSSR count). The zero-order valence-electron chi connectivity index (χ0n) is 5.36. The Bertz CT molecular complexity index is 160. The van der Waals surface area contributed by atoms with Gasteiger partial charge >= 0.3 is 5.97 Å². The number of carbonyl (C=O) groups excluding carboxylic acids is 1. The fraction of sp³-hybridized carbons (Fsp3) is 0.800. The summed E-state index contributed by atoms with van der Waals surface area (Å²) in [5, 5.41) is 2.26. The highest BCUT2D eigenvalue weighted by atomic mass is 19.3. The minimum absolute atomic E-state index is 0.438. The van der Waals surface area contributed by atoms with E-state index in [9.17, 15) is 13.6 Å². The van der Waals surface area contributed by atoms with Gasteiger partial charge in [-0.05, 0) is 0 Å². The van der Waals surface area contributed by atoms with E-state index in [4.69, 9.17) is 0 Å². The molecule has 0 aliphatic carbocycles. The summed E-state index contributed by atoms with van der Waals surface area (Å²) in [6.45, 7) is -0.438. The lowest BCUT2D eigenvalue weighted by Crippen LogP contribution is -2.66. The van der Waals surface area contributed by atoms with Crippen molar-refractivity contribution in [3.05, 3.63) is 0 Å². The number of hydrogen-bond acceptors (Lipinski definition) is 3. The van der Waals surface area contributed by atoms with Gasteiger partial charge in [0.05, 0.1) is 13.7 Å². The Kier molecular flexibility index (Phi) is 1.60. The first-order chi connectivity index (χ1) is 4.58. The average molecular weight is 151 g/mol. The van der Waals surface area contributed by atoms with Crippen LogP contribution in [0.15, 0.2) is 0 Å². The molecule has 3 nitrogen and oxygen atoms in total. The van der Waals surface area contributed by atoms with Crippen LogP contribution in [0, 0.1) is 0 Å². The second-order valence-electron chi connectivity index (χ2n) is 2.10. The van der Waals surface area contributed by atoms with E-state index >= 15 is 0 Å². The van der Waals surface area contributed by atoms with Gasteiger partial charge in [0.15, 0.2) is 6.04 Å². The maximum atomic E-state index is 12.3. The van der Waals surface area contributed by atoms with Crippen LogP contribution in [-0.4, -0.2) is 31.6 Å². The molecule has 58 valence electrons. The summed E-state index contributed by atoms with van der Waals surface area (Å²) in [5.41, 5.74) is 0. The summed E-state index contributed by atoms with van der Waals surface area (Å²) in [5.74, 6) is -3.83. The van der Waals surface area contributed by atoms with Gasteiger partial charge in [-0.2, -0.15) is 0 Å². The summed E-state index contributed by atoms with van der Waals surface area (Å²) in [7, 11) is 1.08. The number of esters is 1. The van der Waals surface area contributed by atoms with Gasteiger partial charge in [0.2, 0.25) is 0 Å². The fourth-order valence-electron chi connectivity index (χ4n) is 0.732. The van der Waals surface area contributed by atoms with E-state index in [2.05, 4.69) is 10.1 Å². The van der Waals surface area contributed by atoms with Crippen molar-refractivity contribution in [1.82, 2.24) is 5.32 Å². The van der Waals surface area contributed by atoms with Gasteiger partial charge in [0, 0.05) is 0 Å². The van der Waals surface area contributed by atoms with Crippen molar-refractivity contribution in [2.45, 2.75) is 12.0 Å². The molecule has 1 N–H and O–H groups in total. The quantitative estimate of drug-likeness (QED) is 0.526. The topological polar surface area (TPSA) is 38.3 Å². The summed E-state index contributed by atoms with van der Waals surface area (Å²) in [4.78, 5) is 10.4. The highest BCUT2D eigenvalue weighted by Gasteiger charge is 2.53. The Morgan fingerprint density at radius 2 is 2.40 bits per heavy atom. The highest BCUT2D eigenvalue weighted by molar-refractivity contribution is 5.78. The lowest BCUT2D eigenvalue weighted by Gasteiger charge is -2.34. The smallest absolute Gasteiger partial charge is 0.329 e. The Balaban J connectivity index is 2.51. The second kappa shape index (κ2) is 2.16. The van der Waals surface area contributed by atoms with Gasteiger partial charge in [-0.3, -0.25) is 10.1 Å². The van der Waals surface area contributed by atoms with Crippen LogP contribution in [0.1, 0.15) is 0 Å². The summed E-state index contributed by atoms with van der Waals surface area (Å²) < 4.78 is 28.7. The number of carbonyl (C=O) groups is 1. The molecule has 0 aromatic heterocycles. The van der Waals surface area contributed by atoms with Crippen molar-refractivity contribution in [3.63, 3.8) is 0 Å². The molecule has 1 atom stereocenters. The van der Waals surface area contributed by atoms with E-state index in [1.807, 2.05) is 0 Å². The van der Waals surface area contributed by atoms with Crippen molar-refractivity contribution >= 4 is 5.97 Å². The second-order valence-corrected chi connectivity index (χ2v) is 2.10. The average Bonchev–Trinajstić information content (AvgIpc) is 1.86. The standard InChI is InChI=1S/C5H7F2NO2/c1-10-4(9)3-5(6,7)2-8-3/h3,8H,2H2,1H3. The predicted molar refractivity (Wildman–Crippen MR) is 28.8 cm³/mol. The van der Waals surface area contributed by atoms with Crippen LogP contribution in [0.4, 0.5) is 8.78 Å². The van der Waals surface area contributed by atoms with Crippen molar-refractivity contribution in [1.29, 1.82) is 0 Å². The number of rotatable bonds is 1. The Morgan fingerprint density at radius 3 is 2.50 bits per heavy atom. The lowest BCUT2D eigenvalue weighted by molar-refractivity contribution is -0.166. The number of ether oxygens (including phenoxy) is 1. The first kappa shape index (κ1) is 7.40. The molecule has 0 aromatic rings. The largest absolute Gasteiger partial charge is 0.468 e. The molecule has 0 aromatic carbocycles. The molecule has 0 spiro atoms. The molecule has 10 heavy (non-hydrogen) atoms. The number of hydrogen-bond donors (Lipinski definition) is 1. The van der Waals surface area contributed by atoms with Crippen molar-refractivity contribution < 1.29 is 18.3 Å². The van der Waals surface area contributed by atoms with E-state index in [-0.39, 0.29) is 0 Å². The molecule has 0 saturated carbocycles. The van der Waals surface area contributed by atoms with Crippen LogP contribution in [0.25, 0.3) is 0 Å². The maximum Gasteiger partial charge on any atom is 0.329 e. The van der Waals surface area contributed by atoms with Crippen molar-refractivity contribution in [2.24, 2.45) is 0 Å². The van der Waals surface area contributed by atoms with Crippen LogP contribution >= 0.6 is 0 Å². The van der Waals surface area contributed by atoms with E-state index in [1.165, 1.54) is 0 Å². The van der Waals surface area contributed by atoms with Gasteiger partial charge in [-0.1, -0.05) is 0 Å². The molecule has 1 unspecified atom stereocenters. The zero-order valence-corrected chi connectivity index (χ0v) is 5.36. The van der Waals surface area contributed by atoms with Crippen LogP contribution in [0.2, 0.25) is 0 Å². The van der Waals surface area contributed by atoms with Crippen LogP contribution < -0.4 is 5.32 Å². The normalized spacial score (nSPS) is 28.9. The van der Waals surface area contributed by atoms with Gasteiger partial charge in [-0.25, -0.2) is 8.78 Å². The maximum absolute atomic E-state index is 12.3. The molecular weight excluding hydrogens is 144 g/mol. The van der Waals surface area contributed by atoms with Crippen molar-refractivity contribution in [3.8, 4) is 0 Å². The third kappa shape index (κ3) is 0.965. The van der Waals surface area contributed by atoms with Gasteiger partial charge in [-0.15, -0.1) is 0 Å². The summed E-state index contributed by atoms with van der Waals surface area (Å²) in [6, 6.07) is -1.43. The minimum atomic E-state index is -2.92. The highest BCUT2D eigenvalue weighted by Crippen LogP contribution is 2.26. The van der Waals surface area contributed by atoms with Crippen LogP contribution in [-0.2, 0) is 9.53 Å². The number of halogens is 2. The van der Waals surface area contributed by atoms with Crippen LogP contribution in [0.3, 0.4) is 0 Å². The molecule has 1 aliphatic rings. The van der Waals surface area contributed by atoms with Gasteiger partial charge in [0.1, 0.15) is 0 Å². The molecule has 1 aliphatic heterocycles. The van der Waals surface area contributed by atoms with Gasteiger partial charge < -0.3 is 4.74 Å². The number of alkyl halides is 2. The van der Waals surface area contributed by atoms with Crippen LogP contribution in [0.5, 0.6) is 0 Å². The van der Waals surface area contributed by atoms with E-state index in [1.54, 1.807) is 0 Å². The molecule has 5 heteroatoms. The molecular formula is C5H7F2NO2. The number of methoxy groups -OCH3 is 1. The van der Waals surface area contributed by atoms with Crippen molar-refractivity contribution in [2.75, 3.05) is 13.7 Å². The third-order valence-corrected chi connectivity index (χ3v) is 1.40. The Labute approximate surface area is 56.3 Å². The minimum Gasteiger partial charge on any atom is -0.468 e. The molecule has 1 heterocycles. The monoisotopic (exact) mass is 151 g/mol. The van der Waals surface area contributed by atoms with E-state index in [0.29, 0.717) is 0 Å². The predicted octanol–water partition coefficient (Wildman–Crippen LogP) is -0.234. The zero-order chi connectivity index (χ0) is 7.78. The Morgan fingerprint density at radius 1 is 1.80 bits per heavy atom. The van der Waals surface area contributed by atoms with E-state index in [0.717, 1.165) is 7.11 Å². The first-order valence-electron chi connectivity index (χ1n) is 2.77. The summed E-state index contributed by atoms with van der Waals surface area (Å²) in [6.07, 6.45) is 0. The molecule has 0 amide bonds. The lowest BCUT2D eigenvalue weighted by atomic mass is 10.0. The molecule has 1 fully saturated rings. The first-order valence-corrected chi connectivity index (χ1v) is 2.77. The third-order valence-electron chi connectivity index (χ3n) is 1.40.